The number of hydrogen-bond acceptors (Lipinski definition) is 9. The summed E-state index contributed by atoms with van der Waals surface area (Å²) in [6.45, 7) is 3.70. The summed E-state index contributed by atoms with van der Waals surface area (Å²) in [5.74, 6) is -0.918. The fourth-order valence-electron chi connectivity index (χ4n) is 5.16. The zero-order valence-corrected chi connectivity index (χ0v) is 26.0. The van der Waals surface area contributed by atoms with Gasteiger partial charge in [0.15, 0.2) is 0 Å². The van der Waals surface area contributed by atoms with Crippen molar-refractivity contribution in [3.8, 4) is 0 Å². The standard InChI is InChI=1S/C32H36N4O7S/c1-21(25-10-12-27(13-11-25)36(40)41)35-14-6-9-22-7-5-8-23(15-22)19-32(2,33)30(38)42-20-24-16-26(29(35)37)18-28(17-24)34(3)31(39)43-44-4/h5,7-8,10-13,15-18,21H,6,9,14,19-20,33H2,1-4H3. The van der Waals surface area contributed by atoms with Crippen LogP contribution in [0.5, 0.6) is 0 Å². The number of carbonyl (C=O) groups excluding carboxylic acids is 3. The van der Waals surface area contributed by atoms with Crippen LogP contribution in [0, 0.1) is 10.1 Å². The molecule has 12 heteroatoms. The number of nitro benzene ring substituents is 1. The molecule has 2 N–H and O–H groups in total. The number of nitro groups is 1. The molecule has 4 rings (SSSR count). The Balaban J connectivity index is 1.78. The molecule has 1 heterocycles. The van der Waals surface area contributed by atoms with Gasteiger partial charge in [-0.15, -0.1) is 0 Å². The molecular weight excluding hydrogens is 584 g/mol. The zero-order chi connectivity index (χ0) is 32.0. The highest BCUT2D eigenvalue weighted by atomic mass is 32.2. The van der Waals surface area contributed by atoms with Crippen molar-refractivity contribution in [1.29, 1.82) is 0 Å². The van der Waals surface area contributed by atoms with Gasteiger partial charge in [0.05, 0.1) is 23.0 Å². The van der Waals surface area contributed by atoms with Gasteiger partial charge >= 0.3 is 12.1 Å². The lowest BCUT2D eigenvalue weighted by atomic mass is 9.92. The lowest BCUT2D eigenvalue weighted by Crippen LogP contribution is -2.48. The summed E-state index contributed by atoms with van der Waals surface area (Å²) in [5, 5.41) is 11.2. The number of ether oxygens (including phenoxy) is 1. The second-order valence-electron chi connectivity index (χ2n) is 11.1. The average Bonchev–Trinajstić information content (AvgIpc) is 3.00. The number of cyclic esters (lactones) is 1. The SMILES string of the molecule is CSOC(=O)N(C)c1cc2cc(c1)C(=O)N(C(C)c1ccc([N+](=O)[O-])cc1)CCCc1cccc(c1)CC(C)(N)C(=O)OC2. The Morgan fingerprint density at radius 1 is 1.11 bits per heavy atom. The first-order chi connectivity index (χ1) is 20.9. The second-order valence-corrected chi connectivity index (χ2v) is 11.6. The predicted octanol–water partition coefficient (Wildman–Crippen LogP) is 5.60. The molecule has 0 radical (unpaired) electrons. The lowest BCUT2D eigenvalue weighted by Gasteiger charge is -2.31. The van der Waals surface area contributed by atoms with Crippen LogP contribution in [0.25, 0.3) is 0 Å². The molecule has 2 atom stereocenters. The lowest BCUT2D eigenvalue weighted by molar-refractivity contribution is -0.384. The number of carbonyl (C=O) groups is 3. The quantitative estimate of drug-likeness (QED) is 0.167. The zero-order valence-electron chi connectivity index (χ0n) is 25.1. The molecule has 0 aromatic heterocycles. The Morgan fingerprint density at radius 2 is 1.82 bits per heavy atom. The van der Waals surface area contributed by atoms with E-state index >= 15 is 0 Å². The van der Waals surface area contributed by atoms with Crippen molar-refractivity contribution in [3.05, 3.63) is 105 Å². The van der Waals surface area contributed by atoms with Crippen LogP contribution in [0.15, 0.2) is 66.7 Å². The summed E-state index contributed by atoms with van der Waals surface area (Å²) in [6, 6.07) is 18.4. The van der Waals surface area contributed by atoms with Gasteiger partial charge in [0, 0.05) is 49.7 Å². The number of esters is 1. The van der Waals surface area contributed by atoms with Gasteiger partial charge in [-0.1, -0.05) is 36.4 Å². The van der Waals surface area contributed by atoms with Crippen LogP contribution in [-0.4, -0.2) is 53.2 Å². The van der Waals surface area contributed by atoms with Crippen LogP contribution < -0.4 is 10.6 Å². The molecule has 1 aliphatic heterocycles. The van der Waals surface area contributed by atoms with Crippen LogP contribution >= 0.6 is 12.0 Å². The molecule has 0 saturated heterocycles. The number of fused-ring (bicyclic) bond motifs is 4. The number of hydrogen-bond donors (Lipinski definition) is 1. The first-order valence-electron chi connectivity index (χ1n) is 14.1. The van der Waals surface area contributed by atoms with Crippen molar-refractivity contribution in [2.45, 2.75) is 51.3 Å². The fraction of sp³-hybridized carbons (Fsp3) is 0.344. The van der Waals surface area contributed by atoms with E-state index in [1.807, 2.05) is 31.2 Å². The van der Waals surface area contributed by atoms with E-state index in [9.17, 15) is 24.5 Å². The van der Waals surface area contributed by atoms with E-state index in [4.69, 9.17) is 14.7 Å². The summed E-state index contributed by atoms with van der Waals surface area (Å²) in [7, 11) is 1.52. The highest BCUT2D eigenvalue weighted by Gasteiger charge is 2.31. The highest BCUT2D eigenvalue weighted by Crippen LogP contribution is 2.28. The molecule has 44 heavy (non-hydrogen) atoms. The first kappa shape index (κ1) is 32.5. The van der Waals surface area contributed by atoms with Gasteiger partial charge in [0.25, 0.3) is 11.6 Å². The molecule has 3 aromatic carbocycles. The Kier molecular flexibility index (Phi) is 10.3. The number of nitrogens with two attached hydrogens (primary N) is 1. The minimum absolute atomic E-state index is 0.0409. The van der Waals surface area contributed by atoms with Crippen LogP contribution in [0.1, 0.15) is 58.9 Å². The van der Waals surface area contributed by atoms with E-state index in [0.29, 0.717) is 30.6 Å². The Bertz CT molecular complexity index is 1540. The molecule has 0 spiro atoms. The molecule has 0 saturated carbocycles. The van der Waals surface area contributed by atoms with E-state index in [1.165, 1.54) is 24.1 Å². The third-order valence-electron chi connectivity index (χ3n) is 7.62. The van der Waals surface area contributed by atoms with Gasteiger partial charge in [-0.3, -0.25) is 24.6 Å². The van der Waals surface area contributed by atoms with Crippen LogP contribution in [-0.2, 0) is 33.2 Å². The largest absolute Gasteiger partial charge is 0.459 e. The summed E-state index contributed by atoms with van der Waals surface area (Å²) in [5.41, 5.74) is 8.86. The van der Waals surface area contributed by atoms with Crippen molar-refractivity contribution < 1.29 is 28.2 Å². The first-order valence-corrected chi connectivity index (χ1v) is 15.3. The maximum atomic E-state index is 14.3. The smallest absolute Gasteiger partial charge is 0.426 e. The van der Waals surface area contributed by atoms with Crippen molar-refractivity contribution in [2.75, 3.05) is 24.7 Å². The summed E-state index contributed by atoms with van der Waals surface area (Å²) in [4.78, 5) is 53.7. The summed E-state index contributed by atoms with van der Waals surface area (Å²) in [6.07, 6.45) is 2.53. The van der Waals surface area contributed by atoms with Gasteiger partial charge < -0.3 is 19.6 Å². The Morgan fingerprint density at radius 3 is 2.50 bits per heavy atom. The average molecular weight is 621 g/mol. The number of benzene rings is 3. The molecule has 11 nitrogen and oxygen atoms in total. The van der Waals surface area contributed by atoms with Gasteiger partial charge in [0.2, 0.25) is 0 Å². The summed E-state index contributed by atoms with van der Waals surface area (Å²) < 4.78 is 10.7. The Hall–Kier alpha value is -4.42. The number of anilines is 1. The van der Waals surface area contributed by atoms with Gasteiger partial charge in [-0.2, -0.15) is 0 Å². The monoisotopic (exact) mass is 620 g/mol. The molecule has 1 aliphatic rings. The van der Waals surface area contributed by atoms with Crippen molar-refractivity contribution in [3.63, 3.8) is 0 Å². The van der Waals surface area contributed by atoms with Crippen molar-refractivity contribution in [1.82, 2.24) is 4.90 Å². The van der Waals surface area contributed by atoms with E-state index in [1.54, 1.807) is 48.4 Å². The number of nitrogens with zero attached hydrogens (tertiary/aromatic N) is 3. The molecule has 2 unspecified atom stereocenters. The predicted molar refractivity (Wildman–Crippen MR) is 168 cm³/mol. The summed E-state index contributed by atoms with van der Waals surface area (Å²) >= 11 is 0.894. The molecule has 0 aliphatic carbocycles. The topological polar surface area (TPSA) is 145 Å². The number of rotatable bonds is 5. The highest BCUT2D eigenvalue weighted by molar-refractivity contribution is 7.94. The second kappa shape index (κ2) is 13.9. The van der Waals surface area contributed by atoms with Crippen LogP contribution in [0.2, 0.25) is 0 Å². The third kappa shape index (κ3) is 7.74. The maximum Gasteiger partial charge on any atom is 0.426 e. The van der Waals surface area contributed by atoms with Gasteiger partial charge in [-0.05, 0) is 67.1 Å². The fourth-order valence-corrected chi connectivity index (χ4v) is 5.41. The van der Waals surface area contributed by atoms with E-state index in [2.05, 4.69) is 0 Å². The molecular formula is C32H36N4O7S. The minimum atomic E-state index is -1.29. The minimum Gasteiger partial charge on any atom is -0.459 e. The van der Waals surface area contributed by atoms with E-state index in [0.717, 1.165) is 28.7 Å². The van der Waals surface area contributed by atoms with E-state index < -0.39 is 28.6 Å². The Labute approximate surface area is 260 Å². The van der Waals surface area contributed by atoms with Crippen LogP contribution in [0.4, 0.5) is 16.2 Å². The molecule has 2 amide bonds. The molecule has 232 valence electrons. The normalized spacial score (nSPS) is 18.2. The maximum absolute atomic E-state index is 14.3. The van der Waals surface area contributed by atoms with Crippen molar-refractivity contribution >= 4 is 41.4 Å². The molecule has 4 bridgehead atoms. The van der Waals surface area contributed by atoms with E-state index in [-0.39, 0.29) is 30.2 Å². The number of aryl methyl sites for hydroxylation is 1. The number of amides is 2. The van der Waals surface area contributed by atoms with Crippen molar-refractivity contribution in [2.24, 2.45) is 5.73 Å². The molecule has 0 fully saturated rings. The van der Waals surface area contributed by atoms with Gasteiger partial charge in [0.1, 0.15) is 12.1 Å². The molecule has 3 aromatic rings. The van der Waals surface area contributed by atoms with Gasteiger partial charge in [-0.25, -0.2) is 4.79 Å². The third-order valence-corrected chi connectivity index (χ3v) is 7.93. The van der Waals surface area contributed by atoms with Crippen LogP contribution in [0.3, 0.4) is 0 Å². The number of non-ortho nitro benzene ring substituents is 1.